The molecule has 0 saturated carbocycles. The minimum Gasteiger partial charge on any atom is -0.303 e. The van der Waals surface area contributed by atoms with Crippen molar-refractivity contribution in [2.24, 2.45) is 0 Å². The maximum absolute atomic E-state index is 8.88. The second-order valence-corrected chi connectivity index (χ2v) is 7.53. The minimum absolute atomic E-state index is 0. The van der Waals surface area contributed by atoms with Crippen molar-refractivity contribution in [3.05, 3.63) is 35.4 Å². The van der Waals surface area contributed by atoms with Crippen molar-refractivity contribution in [2.45, 2.75) is 52.4 Å². The third-order valence-corrected chi connectivity index (χ3v) is 2.48. The Morgan fingerprint density at radius 2 is 1.40 bits per heavy atom. The van der Waals surface area contributed by atoms with Crippen LogP contribution in [0.4, 0.5) is 0 Å². The first kappa shape index (κ1) is 22.2. The smallest absolute Gasteiger partial charge is 0.303 e. The molecule has 0 aliphatic heterocycles. The molecule has 20 heavy (non-hydrogen) atoms. The van der Waals surface area contributed by atoms with Gasteiger partial charge in [0.15, 0.2) is 0 Å². The zero-order valence-electron chi connectivity index (χ0n) is 13.4. The van der Waals surface area contributed by atoms with E-state index in [1.54, 1.807) is 0 Å². The molecule has 0 aliphatic rings. The maximum atomic E-state index is 8.88. The third kappa shape index (κ3) is 10.7. The summed E-state index contributed by atoms with van der Waals surface area (Å²) in [6.07, 6.45) is 0. The molecule has 6 heteroatoms. The Labute approximate surface area is 134 Å². The molecule has 1 aromatic carbocycles. The van der Waals surface area contributed by atoms with E-state index in [2.05, 4.69) is 59.7 Å². The fraction of sp³-hybridized carbons (Fsp3) is 0.571. The number of hydrogen-bond donors (Lipinski definition) is 3. The Balaban J connectivity index is 0. The van der Waals surface area contributed by atoms with Crippen LogP contribution in [0.3, 0.4) is 0 Å². The predicted molar refractivity (Wildman–Crippen MR) is 76.9 cm³/mol. The fourth-order valence-electron chi connectivity index (χ4n) is 1.37. The number of phosphoric acid groups is 1. The monoisotopic (exact) mass is 294 g/mol. The van der Waals surface area contributed by atoms with Crippen LogP contribution in [0.25, 0.3) is 0 Å². The van der Waals surface area contributed by atoms with Crippen LogP contribution in [-0.2, 0) is 15.4 Å². The molecular weight excluding hydrogens is 270 g/mol. The summed E-state index contributed by atoms with van der Waals surface area (Å²) in [6.45, 7) is 13.4. The van der Waals surface area contributed by atoms with Crippen LogP contribution in [0.2, 0.25) is 0 Å². The van der Waals surface area contributed by atoms with Crippen molar-refractivity contribution < 1.29 is 38.1 Å². The van der Waals surface area contributed by atoms with E-state index in [0.717, 1.165) is 0 Å². The van der Waals surface area contributed by atoms with Crippen LogP contribution < -0.4 is 18.9 Å². The molecule has 0 heterocycles. The Morgan fingerprint density at radius 1 is 1.00 bits per heavy atom. The van der Waals surface area contributed by atoms with E-state index in [1.807, 2.05) is 6.07 Å². The topological polar surface area (TPSA) is 77.8 Å². The Hall–Kier alpha value is -0.0726. The van der Waals surface area contributed by atoms with Crippen molar-refractivity contribution in [2.75, 3.05) is 0 Å². The molecule has 0 unspecified atom stereocenters. The Bertz CT molecular complexity index is 417. The first-order valence-electron chi connectivity index (χ1n) is 6.02. The predicted octanol–water partition coefficient (Wildman–Crippen LogP) is 0.157. The van der Waals surface area contributed by atoms with Crippen LogP contribution in [0.5, 0.6) is 0 Å². The summed E-state index contributed by atoms with van der Waals surface area (Å²) < 4.78 is 8.88. The van der Waals surface area contributed by atoms with Gasteiger partial charge in [-0.3, -0.25) is 0 Å². The Kier molecular flexibility index (Phi) is 8.66. The number of hydrogen-bond acceptors (Lipinski definition) is 1. The van der Waals surface area contributed by atoms with E-state index in [-0.39, 0.29) is 29.7 Å². The molecule has 0 aromatic heterocycles. The third-order valence-electron chi connectivity index (χ3n) is 2.48. The molecule has 1 aromatic rings. The van der Waals surface area contributed by atoms with Gasteiger partial charge < -0.3 is 14.7 Å². The average Bonchev–Trinajstić information content (AvgIpc) is 2.12. The van der Waals surface area contributed by atoms with E-state index >= 15 is 0 Å². The summed E-state index contributed by atoms with van der Waals surface area (Å²) in [5, 5.41) is 0. The number of benzene rings is 1. The fourth-order valence-corrected chi connectivity index (χ4v) is 1.37. The van der Waals surface area contributed by atoms with E-state index in [1.165, 1.54) is 11.1 Å². The Morgan fingerprint density at radius 3 is 1.70 bits per heavy atom. The van der Waals surface area contributed by atoms with E-state index in [4.69, 9.17) is 19.2 Å². The van der Waals surface area contributed by atoms with Crippen molar-refractivity contribution in [3.63, 3.8) is 0 Å². The normalized spacial score (nSPS) is 12.1. The van der Waals surface area contributed by atoms with E-state index in [0.29, 0.717) is 0 Å². The van der Waals surface area contributed by atoms with Crippen molar-refractivity contribution >= 4 is 7.82 Å². The van der Waals surface area contributed by atoms with Crippen LogP contribution >= 0.6 is 7.82 Å². The first-order valence-corrected chi connectivity index (χ1v) is 7.59. The quantitative estimate of drug-likeness (QED) is 0.362. The summed E-state index contributed by atoms with van der Waals surface area (Å²) in [5.74, 6) is 0. The zero-order chi connectivity index (χ0) is 15.5. The molecule has 0 amide bonds. The summed E-state index contributed by atoms with van der Waals surface area (Å²) >= 11 is 0. The van der Waals surface area contributed by atoms with Crippen molar-refractivity contribution in [1.29, 1.82) is 0 Å². The van der Waals surface area contributed by atoms with Crippen molar-refractivity contribution in [1.82, 2.24) is 0 Å². The average molecular weight is 294 g/mol. The van der Waals surface area contributed by atoms with E-state index < -0.39 is 7.82 Å². The maximum Gasteiger partial charge on any atom is 1.00 e. The van der Waals surface area contributed by atoms with Crippen LogP contribution in [0.1, 0.15) is 52.7 Å². The summed E-state index contributed by atoms with van der Waals surface area (Å²) in [5.41, 5.74) is 3.11. The van der Waals surface area contributed by atoms with Gasteiger partial charge in [0.25, 0.3) is 0 Å². The molecule has 3 N–H and O–H groups in total. The van der Waals surface area contributed by atoms with Gasteiger partial charge in [0.1, 0.15) is 0 Å². The van der Waals surface area contributed by atoms with Crippen molar-refractivity contribution in [3.8, 4) is 0 Å². The van der Waals surface area contributed by atoms with Gasteiger partial charge >= 0.3 is 26.7 Å². The van der Waals surface area contributed by atoms with Crippen LogP contribution in [0.15, 0.2) is 18.2 Å². The molecule has 0 aliphatic carbocycles. The molecule has 0 fully saturated rings. The molecule has 4 nitrogen and oxygen atoms in total. The zero-order valence-corrected chi connectivity index (χ0v) is 14.3. The molecule has 0 saturated heterocycles. The van der Waals surface area contributed by atoms with Gasteiger partial charge in [-0.1, -0.05) is 41.5 Å². The van der Waals surface area contributed by atoms with Gasteiger partial charge in [-0.15, -0.1) is 0 Å². The molecule has 1 rings (SSSR count). The van der Waals surface area contributed by atoms with Gasteiger partial charge in [-0.05, 0) is 10.8 Å². The molecule has 0 atom stereocenters. The van der Waals surface area contributed by atoms with E-state index in [9.17, 15) is 0 Å². The van der Waals surface area contributed by atoms with Gasteiger partial charge in [-0.2, -0.15) is 35.4 Å². The SMILES string of the molecule is CC(C)(C)c1[c-]ccc(C(C)(C)C)c1.O=P(O)(O)O.[Li+]. The van der Waals surface area contributed by atoms with Crippen LogP contribution in [0, 0.1) is 6.07 Å². The summed E-state index contributed by atoms with van der Waals surface area (Å²) in [7, 11) is -4.64. The van der Waals surface area contributed by atoms with Gasteiger partial charge in [0.05, 0.1) is 0 Å². The first-order chi connectivity index (χ1) is 8.21. The standard InChI is InChI=1S/C14H21.Li.H3O4P/c1-13(2,3)11-8-7-9-12(10-11)14(4,5)6;;1-5(2,3)4/h7-8,10H,1-6H3;;(H3,1,2,3,4)/q-1;+1;. The second-order valence-electron chi connectivity index (χ2n) is 6.50. The largest absolute Gasteiger partial charge is 1.00 e. The molecule has 110 valence electrons. The van der Waals surface area contributed by atoms with Gasteiger partial charge in [0.2, 0.25) is 0 Å². The minimum atomic E-state index is -4.64. The van der Waals surface area contributed by atoms with Crippen LogP contribution in [-0.4, -0.2) is 14.7 Å². The second kappa shape index (κ2) is 7.80. The summed E-state index contributed by atoms with van der Waals surface area (Å²) in [6, 6.07) is 9.80. The summed E-state index contributed by atoms with van der Waals surface area (Å²) in [4.78, 5) is 21.6. The molecule has 0 radical (unpaired) electrons. The number of rotatable bonds is 0. The van der Waals surface area contributed by atoms with Gasteiger partial charge in [0, 0.05) is 0 Å². The molecule has 0 spiro atoms. The van der Waals surface area contributed by atoms with Gasteiger partial charge in [-0.25, -0.2) is 4.57 Å². The molecule has 0 bridgehead atoms. The molecular formula is C14H24LiO4P.